The molecule has 0 aliphatic heterocycles. The Bertz CT molecular complexity index is 806. The van der Waals surface area contributed by atoms with Crippen molar-refractivity contribution >= 4 is 34.9 Å². The summed E-state index contributed by atoms with van der Waals surface area (Å²) in [5, 5.41) is 4.27. The molecule has 0 radical (unpaired) electrons. The highest BCUT2D eigenvalue weighted by Gasteiger charge is 2.14. The van der Waals surface area contributed by atoms with Gasteiger partial charge in [-0.15, -0.1) is 0 Å². The molecule has 2 heterocycles. The number of halogens is 2. The third-order valence-corrected chi connectivity index (χ3v) is 3.80. The van der Waals surface area contributed by atoms with Crippen molar-refractivity contribution in [3.05, 3.63) is 46.2 Å². The minimum atomic E-state index is -0.456. The van der Waals surface area contributed by atoms with E-state index in [1.54, 1.807) is 12.3 Å². The first-order valence-electron chi connectivity index (χ1n) is 6.13. The molecule has 1 aromatic carbocycles. The number of aromatic amines is 1. The number of aromatic nitrogens is 4. The largest absolute Gasteiger partial charge is 0.330 e. The van der Waals surface area contributed by atoms with Crippen LogP contribution in [0.3, 0.4) is 0 Å². The van der Waals surface area contributed by atoms with E-state index >= 15 is 0 Å². The molecular formula is C13H12ClFN4S. The van der Waals surface area contributed by atoms with Crippen LogP contribution in [0.2, 0.25) is 5.02 Å². The lowest BCUT2D eigenvalue weighted by atomic mass is 10.2. The molecule has 1 atom stereocenters. The van der Waals surface area contributed by atoms with Crippen LogP contribution in [0, 0.1) is 10.6 Å². The van der Waals surface area contributed by atoms with Gasteiger partial charge in [0, 0.05) is 18.5 Å². The Kier molecular flexibility index (Phi) is 3.35. The molecule has 4 nitrogen and oxygen atoms in total. The number of nitrogens with one attached hydrogen (secondary N) is 1. The van der Waals surface area contributed by atoms with E-state index in [1.165, 1.54) is 6.07 Å². The van der Waals surface area contributed by atoms with E-state index in [0.717, 1.165) is 5.52 Å². The van der Waals surface area contributed by atoms with Crippen LogP contribution in [-0.4, -0.2) is 19.3 Å². The van der Waals surface area contributed by atoms with Gasteiger partial charge in [-0.3, -0.25) is 4.68 Å². The first-order valence-corrected chi connectivity index (χ1v) is 6.91. The fourth-order valence-electron chi connectivity index (χ4n) is 2.32. The first kappa shape index (κ1) is 13.3. The van der Waals surface area contributed by atoms with Gasteiger partial charge >= 0.3 is 0 Å². The average Bonchev–Trinajstić information content (AvgIpc) is 2.97. The molecule has 7 heteroatoms. The fourth-order valence-corrected chi connectivity index (χ4v) is 2.87. The Morgan fingerprint density at radius 2 is 2.30 bits per heavy atom. The summed E-state index contributed by atoms with van der Waals surface area (Å²) in [6.07, 6.45) is 3.62. The first-order chi connectivity index (χ1) is 9.56. The standard InChI is InChI=1S/C13H12ClFN4S/c1-8(7-18-4-2-3-16-18)19-12-5-9(14)10(15)6-11(12)17-13(19)20/h2-6,8H,7H2,1H3,(H,17,20). The smallest absolute Gasteiger partial charge is 0.178 e. The van der Waals surface area contributed by atoms with Gasteiger partial charge in [0.05, 0.1) is 28.6 Å². The zero-order valence-electron chi connectivity index (χ0n) is 10.7. The lowest BCUT2D eigenvalue weighted by molar-refractivity contribution is 0.442. The second-order valence-electron chi connectivity index (χ2n) is 4.66. The molecule has 1 unspecified atom stereocenters. The highest BCUT2D eigenvalue weighted by Crippen LogP contribution is 2.25. The molecule has 3 aromatic rings. The molecule has 0 saturated carbocycles. The van der Waals surface area contributed by atoms with Gasteiger partial charge < -0.3 is 9.55 Å². The van der Waals surface area contributed by atoms with Crippen molar-refractivity contribution in [1.29, 1.82) is 0 Å². The maximum atomic E-state index is 13.5. The van der Waals surface area contributed by atoms with E-state index in [1.807, 2.05) is 28.4 Å². The predicted molar refractivity (Wildman–Crippen MR) is 79.0 cm³/mol. The molecule has 1 N–H and O–H groups in total. The summed E-state index contributed by atoms with van der Waals surface area (Å²) in [6.45, 7) is 2.70. The predicted octanol–water partition coefficient (Wildman–Crippen LogP) is 3.95. The van der Waals surface area contributed by atoms with Crippen molar-refractivity contribution < 1.29 is 4.39 Å². The highest BCUT2D eigenvalue weighted by atomic mass is 35.5. The number of hydrogen-bond donors (Lipinski definition) is 1. The summed E-state index contributed by atoms with van der Waals surface area (Å²) in [4.78, 5) is 3.01. The van der Waals surface area contributed by atoms with Crippen molar-refractivity contribution in [2.45, 2.75) is 19.5 Å². The van der Waals surface area contributed by atoms with Gasteiger partial charge in [0.1, 0.15) is 5.82 Å². The maximum absolute atomic E-state index is 13.5. The van der Waals surface area contributed by atoms with Gasteiger partial charge in [-0.1, -0.05) is 11.6 Å². The van der Waals surface area contributed by atoms with Gasteiger partial charge in [0.25, 0.3) is 0 Å². The fraction of sp³-hybridized carbons (Fsp3) is 0.231. The van der Waals surface area contributed by atoms with Crippen LogP contribution in [0.25, 0.3) is 11.0 Å². The minimum absolute atomic E-state index is 0.0673. The molecule has 0 spiro atoms. The van der Waals surface area contributed by atoms with Crippen molar-refractivity contribution in [1.82, 2.24) is 19.3 Å². The molecular weight excluding hydrogens is 299 g/mol. The topological polar surface area (TPSA) is 38.5 Å². The van der Waals surface area contributed by atoms with Gasteiger partial charge in [-0.25, -0.2) is 4.39 Å². The zero-order valence-corrected chi connectivity index (χ0v) is 12.2. The number of H-pyrrole nitrogens is 1. The summed E-state index contributed by atoms with van der Waals surface area (Å²) in [7, 11) is 0. The molecule has 0 aliphatic rings. The summed E-state index contributed by atoms with van der Waals surface area (Å²) < 4.78 is 17.8. The molecule has 20 heavy (non-hydrogen) atoms. The SMILES string of the molecule is CC(Cn1cccn1)n1c(=S)[nH]c2cc(F)c(Cl)cc21. The molecule has 2 aromatic heterocycles. The van der Waals surface area contributed by atoms with E-state index in [0.29, 0.717) is 16.8 Å². The highest BCUT2D eigenvalue weighted by molar-refractivity contribution is 7.71. The quantitative estimate of drug-likeness (QED) is 0.744. The average molecular weight is 311 g/mol. The number of imidazole rings is 1. The summed E-state index contributed by atoms with van der Waals surface area (Å²) in [5.41, 5.74) is 1.44. The number of fused-ring (bicyclic) bond motifs is 1. The lowest BCUT2D eigenvalue weighted by Crippen LogP contribution is -2.13. The van der Waals surface area contributed by atoms with E-state index in [9.17, 15) is 4.39 Å². The van der Waals surface area contributed by atoms with Crippen molar-refractivity contribution in [2.75, 3.05) is 0 Å². The van der Waals surface area contributed by atoms with Crippen LogP contribution < -0.4 is 0 Å². The van der Waals surface area contributed by atoms with Gasteiger partial charge in [-0.05, 0) is 31.3 Å². The van der Waals surface area contributed by atoms with Crippen molar-refractivity contribution in [2.24, 2.45) is 0 Å². The van der Waals surface area contributed by atoms with E-state index in [-0.39, 0.29) is 11.1 Å². The Balaban J connectivity index is 2.08. The summed E-state index contributed by atoms with van der Waals surface area (Å²) >= 11 is 11.2. The monoisotopic (exact) mass is 310 g/mol. The third kappa shape index (κ3) is 2.25. The zero-order chi connectivity index (χ0) is 14.3. The second-order valence-corrected chi connectivity index (χ2v) is 5.45. The molecule has 3 rings (SSSR count). The molecule has 0 fully saturated rings. The van der Waals surface area contributed by atoms with E-state index in [2.05, 4.69) is 10.1 Å². The summed E-state index contributed by atoms with van der Waals surface area (Å²) in [5.74, 6) is -0.456. The summed E-state index contributed by atoms with van der Waals surface area (Å²) in [6, 6.07) is 4.90. The van der Waals surface area contributed by atoms with E-state index < -0.39 is 5.82 Å². The van der Waals surface area contributed by atoms with Gasteiger partial charge in [-0.2, -0.15) is 5.10 Å². The number of hydrogen-bond acceptors (Lipinski definition) is 2. The minimum Gasteiger partial charge on any atom is -0.330 e. The number of rotatable bonds is 3. The Morgan fingerprint density at radius 1 is 1.50 bits per heavy atom. The second kappa shape index (κ2) is 5.03. The lowest BCUT2D eigenvalue weighted by Gasteiger charge is -2.14. The number of benzene rings is 1. The normalized spacial score (nSPS) is 12.9. The van der Waals surface area contributed by atoms with Gasteiger partial charge in [0.15, 0.2) is 4.77 Å². The van der Waals surface area contributed by atoms with Crippen molar-refractivity contribution in [3.8, 4) is 0 Å². The van der Waals surface area contributed by atoms with Crippen LogP contribution in [0.15, 0.2) is 30.6 Å². The number of nitrogens with zero attached hydrogens (tertiary/aromatic N) is 3. The van der Waals surface area contributed by atoms with Crippen LogP contribution in [0.4, 0.5) is 4.39 Å². The van der Waals surface area contributed by atoms with Crippen LogP contribution in [-0.2, 0) is 6.54 Å². The Morgan fingerprint density at radius 3 is 3.00 bits per heavy atom. The van der Waals surface area contributed by atoms with Crippen LogP contribution >= 0.6 is 23.8 Å². The van der Waals surface area contributed by atoms with Crippen LogP contribution in [0.5, 0.6) is 0 Å². The molecule has 0 saturated heterocycles. The van der Waals surface area contributed by atoms with E-state index in [4.69, 9.17) is 23.8 Å². The Hall–Kier alpha value is -1.66. The molecule has 0 amide bonds. The molecule has 104 valence electrons. The maximum Gasteiger partial charge on any atom is 0.178 e. The van der Waals surface area contributed by atoms with Crippen LogP contribution in [0.1, 0.15) is 13.0 Å². The molecule has 0 aliphatic carbocycles. The molecule has 0 bridgehead atoms. The Labute approximate surface area is 124 Å². The van der Waals surface area contributed by atoms with Crippen molar-refractivity contribution in [3.63, 3.8) is 0 Å². The van der Waals surface area contributed by atoms with Gasteiger partial charge in [0.2, 0.25) is 0 Å². The third-order valence-electron chi connectivity index (χ3n) is 3.21.